The zero-order valence-corrected chi connectivity index (χ0v) is 7.53. The first kappa shape index (κ1) is 8.98. The van der Waals surface area contributed by atoms with Crippen LogP contribution in [0.5, 0.6) is 0 Å². The summed E-state index contributed by atoms with van der Waals surface area (Å²) in [7, 11) is 0. The van der Waals surface area contributed by atoms with E-state index in [0.717, 1.165) is 12.8 Å². The van der Waals surface area contributed by atoms with Crippen molar-refractivity contribution >= 4 is 0 Å². The topological polar surface area (TPSA) is 12.9 Å². The minimum Gasteiger partial charge on any atom is -0.264 e. The minimum absolute atomic E-state index is 0.594. The summed E-state index contributed by atoms with van der Waals surface area (Å²) in [5, 5.41) is 0. The van der Waals surface area contributed by atoms with E-state index < -0.39 is 0 Å². The van der Waals surface area contributed by atoms with E-state index in [1.807, 2.05) is 24.5 Å². The fourth-order valence-electron chi connectivity index (χ4n) is 1.20. The van der Waals surface area contributed by atoms with E-state index in [-0.39, 0.29) is 0 Å². The zero-order chi connectivity index (χ0) is 8.81. The standard InChI is InChI=1S/C11H15N/c1-3-4-6-10(2)11-7-5-8-12-9-11/h3,5,7-10H,1,4,6H2,2H3. The van der Waals surface area contributed by atoms with Crippen LogP contribution < -0.4 is 0 Å². The van der Waals surface area contributed by atoms with Crippen LogP contribution in [-0.2, 0) is 0 Å². The summed E-state index contributed by atoms with van der Waals surface area (Å²) in [6.45, 7) is 5.93. The van der Waals surface area contributed by atoms with Gasteiger partial charge in [0, 0.05) is 12.4 Å². The van der Waals surface area contributed by atoms with E-state index in [2.05, 4.69) is 24.6 Å². The second-order valence-electron chi connectivity index (χ2n) is 3.05. The summed E-state index contributed by atoms with van der Waals surface area (Å²) in [4.78, 5) is 4.09. The van der Waals surface area contributed by atoms with Gasteiger partial charge in [-0.3, -0.25) is 4.98 Å². The highest BCUT2D eigenvalue weighted by Crippen LogP contribution is 2.18. The quantitative estimate of drug-likeness (QED) is 0.618. The smallest absolute Gasteiger partial charge is 0.0302 e. The summed E-state index contributed by atoms with van der Waals surface area (Å²) < 4.78 is 0. The van der Waals surface area contributed by atoms with Crippen LogP contribution in [-0.4, -0.2) is 4.98 Å². The molecule has 1 heteroatoms. The molecule has 12 heavy (non-hydrogen) atoms. The summed E-state index contributed by atoms with van der Waals surface area (Å²) in [5.41, 5.74) is 1.32. The first-order valence-electron chi connectivity index (χ1n) is 4.35. The molecule has 64 valence electrons. The van der Waals surface area contributed by atoms with E-state index in [1.54, 1.807) is 0 Å². The van der Waals surface area contributed by atoms with Crippen molar-refractivity contribution in [3.8, 4) is 0 Å². The third-order valence-corrected chi connectivity index (χ3v) is 2.06. The van der Waals surface area contributed by atoms with E-state index in [0.29, 0.717) is 5.92 Å². The summed E-state index contributed by atoms with van der Waals surface area (Å²) in [5.74, 6) is 0.594. The first-order chi connectivity index (χ1) is 5.84. The molecule has 0 bridgehead atoms. The van der Waals surface area contributed by atoms with Gasteiger partial charge in [-0.1, -0.05) is 19.1 Å². The Morgan fingerprint density at radius 1 is 1.67 bits per heavy atom. The molecule has 1 aromatic heterocycles. The molecule has 0 saturated carbocycles. The van der Waals surface area contributed by atoms with Crippen molar-refractivity contribution in [1.29, 1.82) is 0 Å². The number of hydrogen-bond acceptors (Lipinski definition) is 1. The predicted octanol–water partition coefficient (Wildman–Crippen LogP) is 3.15. The molecule has 0 aliphatic rings. The van der Waals surface area contributed by atoms with Crippen molar-refractivity contribution in [3.05, 3.63) is 42.7 Å². The average molecular weight is 161 g/mol. The number of hydrogen-bond donors (Lipinski definition) is 0. The maximum Gasteiger partial charge on any atom is 0.0302 e. The van der Waals surface area contributed by atoms with Gasteiger partial charge in [0.1, 0.15) is 0 Å². The predicted molar refractivity (Wildman–Crippen MR) is 52.1 cm³/mol. The number of pyridine rings is 1. The summed E-state index contributed by atoms with van der Waals surface area (Å²) in [6, 6.07) is 4.11. The van der Waals surface area contributed by atoms with Gasteiger partial charge >= 0.3 is 0 Å². The normalized spacial score (nSPS) is 12.4. The maximum atomic E-state index is 4.09. The van der Waals surface area contributed by atoms with Crippen molar-refractivity contribution in [1.82, 2.24) is 4.98 Å². The van der Waals surface area contributed by atoms with Gasteiger partial charge in [-0.25, -0.2) is 0 Å². The molecule has 1 aromatic rings. The molecule has 1 rings (SSSR count). The highest BCUT2D eigenvalue weighted by molar-refractivity contribution is 5.13. The van der Waals surface area contributed by atoms with Crippen molar-refractivity contribution in [2.75, 3.05) is 0 Å². The molecule has 0 aliphatic heterocycles. The van der Waals surface area contributed by atoms with Gasteiger partial charge in [0.25, 0.3) is 0 Å². The molecule has 0 fully saturated rings. The van der Waals surface area contributed by atoms with Gasteiger partial charge in [0.15, 0.2) is 0 Å². The molecule has 0 amide bonds. The van der Waals surface area contributed by atoms with Crippen LogP contribution in [0.15, 0.2) is 37.2 Å². The Hall–Kier alpha value is -1.11. The molecule has 0 aromatic carbocycles. The number of nitrogens with zero attached hydrogens (tertiary/aromatic N) is 1. The minimum atomic E-state index is 0.594. The summed E-state index contributed by atoms with van der Waals surface area (Å²) >= 11 is 0. The van der Waals surface area contributed by atoms with Crippen LogP contribution >= 0.6 is 0 Å². The van der Waals surface area contributed by atoms with Crippen molar-refractivity contribution < 1.29 is 0 Å². The Labute approximate surface area is 74.2 Å². The molecular formula is C11H15N. The summed E-state index contributed by atoms with van der Waals surface area (Å²) in [6.07, 6.45) is 7.95. The van der Waals surface area contributed by atoms with Gasteiger partial charge in [0.2, 0.25) is 0 Å². The van der Waals surface area contributed by atoms with Crippen LogP contribution in [0.1, 0.15) is 31.2 Å². The SMILES string of the molecule is C=CCCC(C)c1cccnc1. The lowest BCUT2D eigenvalue weighted by Crippen LogP contribution is -1.92. The molecule has 0 aliphatic carbocycles. The van der Waals surface area contributed by atoms with Crippen LogP contribution in [0, 0.1) is 0 Å². The van der Waals surface area contributed by atoms with Crippen LogP contribution in [0.3, 0.4) is 0 Å². The van der Waals surface area contributed by atoms with Gasteiger partial charge in [0.05, 0.1) is 0 Å². The molecule has 1 atom stereocenters. The lowest BCUT2D eigenvalue weighted by molar-refractivity contribution is 0.688. The molecular weight excluding hydrogens is 146 g/mol. The van der Waals surface area contributed by atoms with Gasteiger partial charge < -0.3 is 0 Å². The number of allylic oxidation sites excluding steroid dienone is 1. The fourth-order valence-corrected chi connectivity index (χ4v) is 1.20. The van der Waals surface area contributed by atoms with E-state index >= 15 is 0 Å². The Kier molecular flexibility index (Phi) is 3.52. The number of rotatable bonds is 4. The first-order valence-corrected chi connectivity index (χ1v) is 4.35. The lowest BCUT2D eigenvalue weighted by Gasteiger charge is -2.08. The van der Waals surface area contributed by atoms with Gasteiger partial charge in [-0.05, 0) is 30.4 Å². The molecule has 0 saturated heterocycles. The van der Waals surface area contributed by atoms with Crippen molar-refractivity contribution in [2.24, 2.45) is 0 Å². The van der Waals surface area contributed by atoms with Crippen LogP contribution in [0.25, 0.3) is 0 Å². The number of aromatic nitrogens is 1. The molecule has 0 N–H and O–H groups in total. The zero-order valence-electron chi connectivity index (χ0n) is 7.53. The van der Waals surface area contributed by atoms with Gasteiger partial charge in [-0.15, -0.1) is 6.58 Å². The largest absolute Gasteiger partial charge is 0.264 e. The fraction of sp³-hybridized carbons (Fsp3) is 0.364. The molecule has 1 heterocycles. The maximum absolute atomic E-state index is 4.09. The monoisotopic (exact) mass is 161 g/mol. The van der Waals surface area contributed by atoms with Crippen LogP contribution in [0.4, 0.5) is 0 Å². The molecule has 0 radical (unpaired) electrons. The second-order valence-corrected chi connectivity index (χ2v) is 3.05. The second kappa shape index (κ2) is 4.70. The third kappa shape index (κ3) is 2.50. The Bertz CT molecular complexity index is 228. The van der Waals surface area contributed by atoms with Crippen molar-refractivity contribution in [3.63, 3.8) is 0 Å². The molecule has 0 spiro atoms. The van der Waals surface area contributed by atoms with E-state index in [4.69, 9.17) is 0 Å². The third-order valence-electron chi connectivity index (χ3n) is 2.06. The molecule has 1 unspecified atom stereocenters. The highest BCUT2D eigenvalue weighted by atomic mass is 14.6. The Morgan fingerprint density at radius 2 is 2.50 bits per heavy atom. The average Bonchev–Trinajstić information content (AvgIpc) is 2.15. The van der Waals surface area contributed by atoms with E-state index in [9.17, 15) is 0 Å². The van der Waals surface area contributed by atoms with E-state index in [1.165, 1.54) is 5.56 Å². The molecule has 1 nitrogen and oxygen atoms in total. The van der Waals surface area contributed by atoms with Gasteiger partial charge in [-0.2, -0.15) is 0 Å². The Morgan fingerprint density at radius 3 is 3.08 bits per heavy atom. The Balaban J connectivity index is 2.53. The lowest BCUT2D eigenvalue weighted by atomic mass is 9.98. The van der Waals surface area contributed by atoms with Crippen molar-refractivity contribution in [2.45, 2.75) is 25.7 Å². The van der Waals surface area contributed by atoms with Crippen LogP contribution in [0.2, 0.25) is 0 Å². The highest BCUT2D eigenvalue weighted by Gasteiger charge is 2.02.